The summed E-state index contributed by atoms with van der Waals surface area (Å²) in [6, 6.07) is 5.55. The Balaban J connectivity index is 1.98. The van der Waals surface area contributed by atoms with Crippen LogP contribution in [0, 0.1) is 6.92 Å². The number of carbonyl (C=O) groups excluding carboxylic acids is 1. The molecule has 1 aliphatic carbocycles. The van der Waals surface area contributed by atoms with Crippen LogP contribution >= 0.6 is 0 Å². The number of anilines is 1. The van der Waals surface area contributed by atoms with Crippen LogP contribution in [0.25, 0.3) is 0 Å². The van der Waals surface area contributed by atoms with Gasteiger partial charge in [0.1, 0.15) is 0 Å². The number of hydrogen-bond acceptors (Lipinski definition) is 4. The molecule has 1 aromatic carbocycles. The lowest BCUT2D eigenvalue weighted by Gasteiger charge is -2.26. The van der Waals surface area contributed by atoms with Gasteiger partial charge >= 0.3 is 0 Å². The number of nitrogen functional groups attached to an aromatic ring is 1. The first-order chi connectivity index (χ1) is 9.10. The molecule has 5 N–H and O–H groups in total. The predicted octanol–water partition coefficient (Wildman–Crippen LogP) is 1.31. The molecule has 19 heavy (non-hydrogen) atoms. The second kappa shape index (κ2) is 6.04. The van der Waals surface area contributed by atoms with Gasteiger partial charge in [0.25, 0.3) is 5.91 Å². The van der Waals surface area contributed by atoms with Gasteiger partial charge in [0.15, 0.2) is 0 Å². The lowest BCUT2D eigenvalue weighted by atomic mass is 9.93. The summed E-state index contributed by atoms with van der Waals surface area (Å²) in [5.74, 6) is 5.30. The van der Waals surface area contributed by atoms with E-state index in [1.807, 2.05) is 13.0 Å². The number of rotatable bonds is 3. The highest BCUT2D eigenvalue weighted by Gasteiger charge is 2.21. The van der Waals surface area contributed by atoms with E-state index in [4.69, 9.17) is 5.84 Å². The fourth-order valence-electron chi connectivity index (χ4n) is 2.46. The Morgan fingerprint density at radius 3 is 2.58 bits per heavy atom. The number of nitrogens with one attached hydrogen (secondary N) is 2. The topological polar surface area (TPSA) is 87.4 Å². The lowest BCUT2D eigenvalue weighted by molar-refractivity contribution is 0.0867. The Morgan fingerprint density at radius 1 is 1.32 bits per heavy atom. The van der Waals surface area contributed by atoms with Crippen molar-refractivity contribution in [1.29, 1.82) is 0 Å². The Hall–Kier alpha value is -1.59. The minimum atomic E-state index is -0.203. The third-order valence-electron chi connectivity index (χ3n) is 3.68. The van der Waals surface area contributed by atoms with Gasteiger partial charge in [0.2, 0.25) is 0 Å². The van der Waals surface area contributed by atoms with Crippen molar-refractivity contribution in [3.05, 3.63) is 29.3 Å². The van der Waals surface area contributed by atoms with Crippen molar-refractivity contribution in [1.82, 2.24) is 5.32 Å². The van der Waals surface area contributed by atoms with Gasteiger partial charge < -0.3 is 15.8 Å². The minimum Gasteiger partial charge on any atom is -0.393 e. The first-order valence-corrected chi connectivity index (χ1v) is 6.66. The maximum atomic E-state index is 12.1. The highest BCUT2D eigenvalue weighted by atomic mass is 16.3. The summed E-state index contributed by atoms with van der Waals surface area (Å²) in [6.45, 7) is 1.91. The summed E-state index contributed by atoms with van der Waals surface area (Å²) in [5, 5.41) is 12.5. The molecule has 0 aromatic heterocycles. The van der Waals surface area contributed by atoms with E-state index >= 15 is 0 Å². The molecule has 1 amide bonds. The summed E-state index contributed by atoms with van der Waals surface area (Å²) in [5.41, 5.74) is 4.99. The summed E-state index contributed by atoms with van der Waals surface area (Å²) < 4.78 is 0. The molecule has 5 heteroatoms. The molecule has 0 aliphatic heterocycles. The maximum absolute atomic E-state index is 12.1. The molecule has 0 saturated heterocycles. The smallest absolute Gasteiger partial charge is 0.251 e. The van der Waals surface area contributed by atoms with Crippen LogP contribution in [-0.4, -0.2) is 23.2 Å². The van der Waals surface area contributed by atoms with Crippen LogP contribution in [0.4, 0.5) is 5.69 Å². The molecule has 5 nitrogen and oxygen atoms in total. The highest BCUT2D eigenvalue weighted by Crippen LogP contribution is 2.19. The molecule has 0 unspecified atom stereocenters. The first-order valence-electron chi connectivity index (χ1n) is 6.66. The van der Waals surface area contributed by atoms with Crippen LogP contribution in [-0.2, 0) is 0 Å². The van der Waals surface area contributed by atoms with E-state index in [2.05, 4.69) is 10.7 Å². The maximum Gasteiger partial charge on any atom is 0.251 e. The van der Waals surface area contributed by atoms with E-state index in [0.29, 0.717) is 5.56 Å². The van der Waals surface area contributed by atoms with Crippen LogP contribution in [0.3, 0.4) is 0 Å². The van der Waals surface area contributed by atoms with E-state index in [9.17, 15) is 9.90 Å². The number of benzene rings is 1. The monoisotopic (exact) mass is 263 g/mol. The standard InChI is InChI=1S/C14H21N3O2/c1-9-8-10(2-7-13(9)17-15)14(19)16-11-3-5-12(18)6-4-11/h2,7-8,11-12,17-18H,3-6,15H2,1H3,(H,16,19). The Labute approximate surface area is 113 Å². The van der Waals surface area contributed by atoms with Crippen molar-refractivity contribution < 1.29 is 9.90 Å². The van der Waals surface area contributed by atoms with E-state index in [-0.39, 0.29) is 18.1 Å². The molecule has 0 heterocycles. The zero-order chi connectivity index (χ0) is 13.8. The SMILES string of the molecule is Cc1cc(C(=O)NC2CCC(O)CC2)ccc1NN. The second-order valence-electron chi connectivity index (χ2n) is 5.15. The van der Waals surface area contributed by atoms with Crippen molar-refractivity contribution in [2.45, 2.75) is 44.8 Å². The average molecular weight is 263 g/mol. The number of hydrazine groups is 1. The largest absolute Gasteiger partial charge is 0.393 e. The zero-order valence-corrected chi connectivity index (χ0v) is 11.1. The average Bonchev–Trinajstić information content (AvgIpc) is 2.41. The molecule has 0 radical (unpaired) electrons. The van der Waals surface area contributed by atoms with Crippen molar-refractivity contribution in [3.63, 3.8) is 0 Å². The minimum absolute atomic E-state index is 0.0620. The summed E-state index contributed by atoms with van der Waals surface area (Å²) in [6.07, 6.45) is 3.01. The summed E-state index contributed by atoms with van der Waals surface area (Å²) in [4.78, 5) is 12.1. The third kappa shape index (κ3) is 3.45. The molecule has 1 aliphatic rings. The van der Waals surface area contributed by atoms with Gasteiger partial charge in [0.05, 0.1) is 11.8 Å². The van der Waals surface area contributed by atoms with Crippen molar-refractivity contribution >= 4 is 11.6 Å². The molecule has 1 fully saturated rings. The molecular weight excluding hydrogens is 242 g/mol. The van der Waals surface area contributed by atoms with Gasteiger partial charge in [-0.25, -0.2) is 0 Å². The number of nitrogens with two attached hydrogens (primary N) is 1. The van der Waals surface area contributed by atoms with E-state index in [1.54, 1.807) is 12.1 Å². The fourth-order valence-corrected chi connectivity index (χ4v) is 2.46. The van der Waals surface area contributed by atoms with Gasteiger partial charge in [-0.05, 0) is 56.4 Å². The van der Waals surface area contributed by atoms with Gasteiger partial charge in [0, 0.05) is 11.6 Å². The predicted molar refractivity (Wildman–Crippen MR) is 74.7 cm³/mol. The van der Waals surface area contributed by atoms with Crippen LogP contribution in [0.1, 0.15) is 41.6 Å². The normalized spacial score (nSPS) is 22.9. The van der Waals surface area contributed by atoms with Crippen LogP contribution in [0.2, 0.25) is 0 Å². The molecule has 1 saturated carbocycles. The van der Waals surface area contributed by atoms with E-state index < -0.39 is 0 Å². The third-order valence-corrected chi connectivity index (χ3v) is 3.68. The molecule has 0 atom stereocenters. The second-order valence-corrected chi connectivity index (χ2v) is 5.15. The number of hydrogen-bond donors (Lipinski definition) is 4. The molecule has 2 rings (SSSR count). The van der Waals surface area contributed by atoms with Crippen molar-refractivity contribution in [2.24, 2.45) is 5.84 Å². The lowest BCUT2D eigenvalue weighted by Crippen LogP contribution is -2.38. The van der Waals surface area contributed by atoms with Gasteiger partial charge in [-0.2, -0.15) is 0 Å². The quantitative estimate of drug-likeness (QED) is 0.489. The van der Waals surface area contributed by atoms with Crippen LogP contribution < -0.4 is 16.6 Å². The Bertz CT molecular complexity index is 454. The van der Waals surface area contributed by atoms with E-state index in [0.717, 1.165) is 36.9 Å². The van der Waals surface area contributed by atoms with Gasteiger partial charge in [-0.3, -0.25) is 10.6 Å². The molecule has 0 bridgehead atoms. The molecule has 104 valence electrons. The van der Waals surface area contributed by atoms with Crippen LogP contribution in [0.5, 0.6) is 0 Å². The fraction of sp³-hybridized carbons (Fsp3) is 0.500. The molecule has 1 aromatic rings. The summed E-state index contributed by atoms with van der Waals surface area (Å²) >= 11 is 0. The molecular formula is C14H21N3O2. The number of aryl methyl sites for hydroxylation is 1. The first kappa shape index (κ1) is 13.8. The van der Waals surface area contributed by atoms with Crippen LogP contribution in [0.15, 0.2) is 18.2 Å². The number of amides is 1. The Morgan fingerprint density at radius 2 is 2.00 bits per heavy atom. The van der Waals surface area contributed by atoms with Gasteiger partial charge in [-0.15, -0.1) is 0 Å². The summed E-state index contributed by atoms with van der Waals surface area (Å²) in [7, 11) is 0. The Kier molecular flexibility index (Phi) is 4.39. The van der Waals surface area contributed by atoms with Crippen molar-refractivity contribution in [3.8, 4) is 0 Å². The number of carbonyl (C=O) groups is 1. The zero-order valence-electron chi connectivity index (χ0n) is 11.1. The van der Waals surface area contributed by atoms with Gasteiger partial charge in [-0.1, -0.05) is 0 Å². The number of aliphatic hydroxyl groups excluding tert-OH is 1. The highest BCUT2D eigenvalue weighted by molar-refractivity contribution is 5.95. The van der Waals surface area contributed by atoms with Crippen molar-refractivity contribution in [2.75, 3.05) is 5.43 Å². The number of aliphatic hydroxyl groups is 1. The van der Waals surface area contributed by atoms with E-state index in [1.165, 1.54) is 0 Å². The molecule has 0 spiro atoms.